The highest BCUT2D eigenvalue weighted by molar-refractivity contribution is 8.00. The van der Waals surface area contributed by atoms with Gasteiger partial charge in [-0.15, -0.1) is 16.3 Å². The number of nitrogens with zero attached hydrogens (tertiary/aromatic N) is 3. The van der Waals surface area contributed by atoms with Crippen molar-refractivity contribution in [1.82, 2.24) is 14.4 Å². The number of anilines is 1. The molecule has 2 fully saturated rings. The molecule has 2 heterocycles. The van der Waals surface area contributed by atoms with Crippen molar-refractivity contribution < 1.29 is 32.6 Å². The molecule has 2 aromatic rings. The van der Waals surface area contributed by atoms with Gasteiger partial charge in [0, 0.05) is 5.75 Å². The Morgan fingerprint density at radius 2 is 2.14 bits per heavy atom. The van der Waals surface area contributed by atoms with E-state index in [4.69, 9.17) is 24.6 Å². The van der Waals surface area contributed by atoms with Crippen LogP contribution < -0.4 is 16.3 Å². The van der Waals surface area contributed by atoms with E-state index in [1.54, 1.807) is 30.3 Å². The Labute approximate surface area is 205 Å². The van der Waals surface area contributed by atoms with Gasteiger partial charge in [-0.05, 0) is 42.9 Å². The first kappa shape index (κ1) is 25.5. The molecule has 2 N–H and O–H groups in total. The summed E-state index contributed by atoms with van der Waals surface area (Å²) in [7, 11) is -2.64. The summed E-state index contributed by atoms with van der Waals surface area (Å²) in [5.74, 6) is -1.22. The zero-order valence-electron chi connectivity index (χ0n) is 18.8. The number of hydrogen-bond acceptors (Lipinski definition) is 10. The van der Waals surface area contributed by atoms with Gasteiger partial charge in [-0.2, -0.15) is 4.98 Å². The highest BCUT2D eigenvalue weighted by Crippen LogP contribution is 2.37. The number of aromatic nitrogens is 2. The molecule has 1 aromatic heterocycles. The molecule has 188 valence electrons. The fourth-order valence-corrected chi connectivity index (χ4v) is 5.21. The number of halogens is 1. The van der Waals surface area contributed by atoms with E-state index < -0.39 is 49.2 Å². The van der Waals surface area contributed by atoms with Crippen molar-refractivity contribution in [3.05, 3.63) is 52.8 Å². The molecule has 1 aromatic carbocycles. The fourth-order valence-electron chi connectivity index (χ4n) is 3.21. The lowest BCUT2D eigenvalue weighted by Crippen LogP contribution is -2.40. The Bertz CT molecular complexity index is 1120. The van der Waals surface area contributed by atoms with E-state index in [-0.39, 0.29) is 12.7 Å². The topological polar surface area (TPSA) is 135 Å². The summed E-state index contributed by atoms with van der Waals surface area (Å²) in [6, 6.07) is 7.56. The number of nitrogen functional groups attached to an aromatic ring is 1. The summed E-state index contributed by atoms with van der Waals surface area (Å²) >= 11 is 1.29. The zero-order valence-corrected chi connectivity index (χ0v) is 20.5. The van der Waals surface area contributed by atoms with Gasteiger partial charge >= 0.3 is 19.8 Å². The van der Waals surface area contributed by atoms with E-state index in [0.717, 1.165) is 34.9 Å². The molecule has 1 saturated carbocycles. The zero-order chi connectivity index (χ0) is 24.9. The van der Waals surface area contributed by atoms with Gasteiger partial charge in [0.25, 0.3) is 0 Å². The van der Waals surface area contributed by atoms with Gasteiger partial charge in [0.2, 0.25) is 0 Å². The Kier molecular flexibility index (Phi) is 8.34. The number of esters is 1. The van der Waals surface area contributed by atoms with Gasteiger partial charge in [-0.25, -0.2) is 9.18 Å². The maximum atomic E-state index is 13.7. The number of para-hydroxylation sites is 1. The van der Waals surface area contributed by atoms with Crippen molar-refractivity contribution in [3.8, 4) is 5.75 Å². The summed E-state index contributed by atoms with van der Waals surface area (Å²) in [5.41, 5.74) is 3.96. The van der Waals surface area contributed by atoms with Crippen LogP contribution in [0.3, 0.4) is 0 Å². The quantitative estimate of drug-likeness (QED) is 0.277. The minimum absolute atomic E-state index is 0.140. The number of hydrogen-bond donors (Lipinski definition) is 1. The van der Waals surface area contributed by atoms with Crippen molar-refractivity contribution in [2.24, 2.45) is 0 Å². The van der Waals surface area contributed by atoms with Crippen molar-refractivity contribution in [1.29, 1.82) is 0 Å². The molecule has 1 saturated heterocycles. The molecular weight excluding hydrogens is 502 g/mol. The standard InChI is InChI=1S/C21H24FN4O7PS/c1-13(20(27)31-14-8-5-9-14)26(33-15-6-3-2-4-7-15)34(29)30-11-18-32-17(12-35-18)25-10-16(22)19(23)24-21(25)28/h2-4,6-7,10,13-14,17-18H,5,8-9,11-12H2,1H3,(H-,23,24,28)/p+1/t13?,17-,18+/m0/s1. The van der Waals surface area contributed by atoms with Crippen LogP contribution in [-0.2, 0) is 23.4 Å². The minimum atomic E-state index is -2.64. The number of ether oxygens (including phenoxy) is 2. The third-order valence-corrected chi connectivity index (χ3v) is 7.63. The Morgan fingerprint density at radius 3 is 2.83 bits per heavy atom. The Morgan fingerprint density at radius 1 is 1.40 bits per heavy atom. The summed E-state index contributed by atoms with van der Waals surface area (Å²) in [6.45, 7) is 1.38. The second-order valence-corrected chi connectivity index (χ2v) is 10.2. The lowest BCUT2D eigenvalue weighted by molar-refractivity contribution is -0.164. The Hall–Kier alpha value is -2.57. The van der Waals surface area contributed by atoms with Crippen LogP contribution in [0.25, 0.3) is 0 Å². The van der Waals surface area contributed by atoms with E-state index in [1.807, 2.05) is 0 Å². The summed E-state index contributed by atoms with van der Waals surface area (Å²) < 4.78 is 44.4. The van der Waals surface area contributed by atoms with Crippen LogP contribution >= 0.6 is 19.9 Å². The van der Waals surface area contributed by atoms with E-state index in [1.165, 1.54) is 18.7 Å². The number of nitrogens with two attached hydrogens (primary N) is 1. The lowest BCUT2D eigenvalue weighted by atomic mass is 9.96. The first-order valence-electron chi connectivity index (χ1n) is 11.0. The van der Waals surface area contributed by atoms with Crippen molar-refractivity contribution in [2.75, 3.05) is 18.1 Å². The Balaban J connectivity index is 1.37. The number of carbonyl (C=O) groups excluding carboxylic acids is 1. The molecule has 2 unspecified atom stereocenters. The van der Waals surface area contributed by atoms with E-state index in [0.29, 0.717) is 11.5 Å². The fraction of sp³-hybridized carbons (Fsp3) is 0.476. The van der Waals surface area contributed by atoms with Crippen molar-refractivity contribution in [3.63, 3.8) is 0 Å². The third-order valence-electron chi connectivity index (χ3n) is 5.41. The van der Waals surface area contributed by atoms with E-state index in [2.05, 4.69) is 4.98 Å². The molecule has 2 aliphatic rings. The first-order chi connectivity index (χ1) is 16.8. The third kappa shape index (κ3) is 6.36. The molecule has 0 spiro atoms. The van der Waals surface area contributed by atoms with Gasteiger partial charge in [-0.1, -0.05) is 18.2 Å². The number of thioether (sulfide) groups is 1. The summed E-state index contributed by atoms with van der Waals surface area (Å²) in [6.07, 6.45) is 2.60. The maximum absolute atomic E-state index is 13.7. The van der Waals surface area contributed by atoms with Crippen LogP contribution in [0.15, 0.2) is 41.3 Å². The van der Waals surface area contributed by atoms with Gasteiger partial charge in [-0.3, -0.25) is 9.36 Å². The van der Waals surface area contributed by atoms with Crippen LogP contribution in [0.1, 0.15) is 32.4 Å². The van der Waals surface area contributed by atoms with Crippen LogP contribution in [-0.4, -0.2) is 50.3 Å². The van der Waals surface area contributed by atoms with Crippen molar-refractivity contribution >= 4 is 31.7 Å². The predicted molar refractivity (Wildman–Crippen MR) is 125 cm³/mol. The van der Waals surface area contributed by atoms with Gasteiger partial charge < -0.3 is 20.0 Å². The molecule has 35 heavy (non-hydrogen) atoms. The van der Waals surface area contributed by atoms with Crippen LogP contribution in [0.5, 0.6) is 5.75 Å². The average molecular weight is 527 g/mol. The highest BCUT2D eigenvalue weighted by atomic mass is 32.2. The van der Waals surface area contributed by atoms with E-state index >= 15 is 0 Å². The number of rotatable bonds is 10. The minimum Gasteiger partial charge on any atom is -0.461 e. The largest absolute Gasteiger partial charge is 0.653 e. The molecule has 11 nitrogen and oxygen atoms in total. The molecule has 4 atom stereocenters. The van der Waals surface area contributed by atoms with Gasteiger partial charge in [0.1, 0.15) is 29.2 Å². The van der Waals surface area contributed by atoms with Crippen molar-refractivity contribution in [2.45, 2.75) is 50.0 Å². The maximum Gasteiger partial charge on any atom is 0.653 e. The average Bonchev–Trinajstić information content (AvgIpc) is 3.29. The summed E-state index contributed by atoms with van der Waals surface area (Å²) in [4.78, 5) is 34.7. The number of carbonyl (C=O) groups is 1. The smallest absolute Gasteiger partial charge is 0.461 e. The van der Waals surface area contributed by atoms with Crippen LogP contribution in [0.4, 0.5) is 10.2 Å². The molecule has 1 aliphatic carbocycles. The molecular formula is C21H25FN4O7PS+. The normalized spacial score (nSPS) is 21.4. The molecule has 0 bridgehead atoms. The van der Waals surface area contributed by atoms with E-state index in [9.17, 15) is 18.5 Å². The van der Waals surface area contributed by atoms with Gasteiger partial charge in [0.15, 0.2) is 23.4 Å². The predicted octanol–water partition coefficient (Wildman–Crippen LogP) is 3.01. The molecule has 4 rings (SSSR count). The molecule has 14 heteroatoms. The number of hydroxylamine groups is 1. The highest BCUT2D eigenvalue weighted by Gasteiger charge is 2.45. The van der Waals surface area contributed by atoms with Crippen LogP contribution in [0, 0.1) is 5.82 Å². The summed E-state index contributed by atoms with van der Waals surface area (Å²) in [5, 5.41) is 0. The monoisotopic (exact) mass is 527 g/mol. The second kappa shape index (κ2) is 11.4. The first-order valence-corrected chi connectivity index (χ1v) is 13.1. The lowest BCUT2D eigenvalue weighted by Gasteiger charge is -2.27. The van der Waals surface area contributed by atoms with Crippen LogP contribution in [0.2, 0.25) is 0 Å². The number of benzene rings is 1. The molecule has 0 amide bonds. The molecule has 0 radical (unpaired) electrons. The molecule has 1 aliphatic heterocycles. The SMILES string of the molecule is CC(C(=O)OC1CCC1)N(Oc1ccccc1)[P+](=O)OC[C@@H]1O[C@H](n2cc(F)c(N)nc2=O)CS1. The van der Waals surface area contributed by atoms with Gasteiger partial charge in [0.05, 0.1) is 6.20 Å². The second-order valence-electron chi connectivity index (χ2n) is 7.92.